The third-order valence-corrected chi connectivity index (χ3v) is 4.81. The predicted octanol–water partition coefficient (Wildman–Crippen LogP) is 4.03. The minimum Gasteiger partial charge on any atom is -0.274 e. The lowest BCUT2D eigenvalue weighted by Crippen LogP contribution is -2.30. The van der Waals surface area contributed by atoms with Crippen molar-refractivity contribution in [1.29, 1.82) is 0 Å². The van der Waals surface area contributed by atoms with Gasteiger partial charge >= 0.3 is 0 Å². The molecule has 1 saturated heterocycles. The maximum absolute atomic E-state index is 12.7. The number of rotatable bonds is 3. The van der Waals surface area contributed by atoms with Crippen molar-refractivity contribution >= 4 is 40.1 Å². The van der Waals surface area contributed by atoms with Crippen LogP contribution in [0.2, 0.25) is 0 Å². The van der Waals surface area contributed by atoms with Crippen LogP contribution in [0.15, 0.2) is 42.5 Å². The van der Waals surface area contributed by atoms with Crippen LogP contribution in [-0.4, -0.2) is 11.8 Å². The summed E-state index contributed by atoms with van der Waals surface area (Å²) in [5.41, 5.74) is 4.17. The number of benzene rings is 2. The van der Waals surface area contributed by atoms with E-state index in [0.717, 1.165) is 9.13 Å². The first-order valence-corrected chi connectivity index (χ1v) is 8.71. The fraction of sp³-hybridized carbons (Fsp3) is 0.263. The van der Waals surface area contributed by atoms with Crippen LogP contribution in [0.25, 0.3) is 0 Å². The number of hydrogen-bond acceptors (Lipinski definition) is 2. The van der Waals surface area contributed by atoms with E-state index in [2.05, 4.69) is 54.6 Å². The summed E-state index contributed by atoms with van der Waals surface area (Å²) in [5.74, 6) is -0.455. The molecule has 3 nitrogen and oxygen atoms in total. The molecule has 4 heteroatoms. The second kappa shape index (κ2) is 6.43. The first-order valence-electron chi connectivity index (χ1n) is 7.63. The second-order valence-electron chi connectivity index (χ2n) is 6.14. The van der Waals surface area contributed by atoms with Gasteiger partial charge < -0.3 is 0 Å². The molecule has 0 unspecified atom stereocenters. The molecule has 0 N–H and O–H groups in total. The highest BCUT2D eigenvalue weighted by molar-refractivity contribution is 14.1. The molecule has 2 aromatic carbocycles. The molecule has 1 fully saturated rings. The van der Waals surface area contributed by atoms with Crippen molar-refractivity contribution in [3.05, 3.63) is 62.7 Å². The Morgan fingerprint density at radius 3 is 2.26 bits per heavy atom. The largest absolute Gasteiger partial charge is 0.274 e. The van der Waals surface area contributed by atoms with Gasteiger partial charge in [0.25, 0.3) is 0 Å². The lowest BCUT2D eigenvalue weighted by atomic mass is 9.95. The summed E-state index contributed by atoms with van der Waals surface area (Å²) in [6.07, 6.45) is 0.909. The number of carbonyl (C=O) groups is 2. The molecule has 1 aliphatic rings. The topological polar surface area (TPSA) is 37.4 Å². The Morgan fingerprint density at radius 1 is 1.04 bits per heavy atom. The Kier molecular flexibility index (Phi) is 4.53. The van der Waals surface area contributed by atoms with Crippen LogP contribution in [0.4, 0.5) is 5.69 Å². The van der Waals surface area contributed by atoms with Crippen LogP contribution < -0.4 is 4.90 Å². The van der Waals surface area contributed by atoms with Crippen molar-refractivity contribution in [2.24, 2.45) is 5.92 Å². The van der Waals surface area contributed by atoms with Crippen LogP contribution >= 0.6 is 22.6 Å². The highest BCUT2D eigenvalue weighted by Gasteiger charge is 2.39. The normalized spacial score (nSPS) is 17.9. The summed E-state index contributed by atoms with van der Waals surface area (Å²) < 4.78 is 1.08. The Balaban J connectivity index is 1.82. The Morgan fingerprint density at radius 2 is 1.65 bits per heavy atom. The number of anilines is 1. The zero-order valence-corrected chi connectivity index (χ0v) is 15.3. The third-order valence-electron chi connectivity index (χ3n) is 4.09. The Hall–Kier alpha value is -1.69. The zero-order valence-electron chi connectivity index (χ0n) is 13.2. The van der Waals surface area contributed by atoms with Gasteiger partial charge in [-0.15, -0.1) is 0 Å². The molecule has 1 aliphatic heterocycles. The van der Waals surface area contributed by atoms with Crippen LogP contribution in [0, 0.1) is 23.3 Å². The molecule has 3 rings (SSSR count). The highest BCUT2D eigenvalue weighted by Crippen LogP contribution is 2.29. The number of aryl methyl sites for hydroxylation is 2. The summed E-state index contributed by atoms with van der Waals surface area (Å²) in [6, 6.07) is 13.8. The summed E-state index contributed by atoms with van der Waals surface area (Å²) in [6.45, 7) is 4.10. The fourth-order valence-electron chi connectivity index (χ4n) is 3.19. The van der Waals surface area contributed by atoms with E-state index in [9.17, 15) is 9.59 Å². The predicted molar refractivity (Wildman–Crippen MR) is 99.4 cm³/mol. The van der Waals surface area contributed by atoms with Crippen molar-refractivity contribution < 1.29 is 9.59 Å². The molecule has 2 amide bonds. The number of nitrogens with zero attached hydrogens (tertiary/aromatic N) is 1. The van der Waals surface area contributed by atoms with Crippen LogP contribution in [0.1, 0.15) is 23.1 Å². The van der Waals surface area contributed by atoms with Crippen LogP contribution in [0.3, 0.4) is 0 Å². The van der Waals surface area contributed by atoms with Gasteiger partial charge in [0.15, 0.2) is 0 Å². The van der Waals surface area contributed by atoms with Gasteiger partial charge in [-0.05, 0) is 72.7 Å². The van der Waals surface area contributed by atoms with Gasteiger partial charge in [0, 0.05) is 9.99 Å². The minimum atomic E-state index is -0.261. The van der Waals surface area contributed by atoms with E-state index in [1.54, 1.807) is 0 Å². The molecule has 0 bridgehead atoms. The Labute approximate surface area is 149 Å². The molecule has 1 atom stereocenters. The quantitative estimate of drug-likeness (QED) is 0.557. The van der Waals surface area contributed by atoms with Gasteiger partial charge in [-0.3, -0.25) is 14.5 Å². The highest BCUT2D eigenvalue weighted by atomic mass is 127. The van der Waals surface area contributed by atoms with Crippen LogP contribution in [-0.2, 0) is 16.0 Å². The molecule has 118 valence electrons. The van der Waals surface area contributed by atoms with E-state index in [-0.39, 0.29) is 24.2 Å². The van der Waals surface area contributed by atoms with E-state index >= 15 is 0 Å². The van der Waals surface area contributed by atoms with Gasteiger partial charge in [-0.25, -0.2) is 0 Å². The number of halogens is 1. The fourth-order valence-corrected chi connectivity index (χ4v) is 3.55. The first-order chi connectivity index (χ1) is 10.9. The number of hydrogen-bond donors (Lipinski definition) is 0. The molecular formula is C19H18INO2. The molecule has 0 spiro atoms. The minimum absolute atomic E-state index is 0.0876. The second-order valence-corrected chi connectivity index (χ2v) is 7.39. The molecule has 0 saturated carbocycles. The van der Waals surface area contributed by atoms with E-state index in [1.165, 1.54) is 16.0 Å². The monoisotopic (exact) mass is 419 g/mol. The number of amides is 2. The lowest BCUT2D eigenvalue weighted by Gasteiger charge is -2.15. The molecule has 2 aromatic rings. The smallest absolute Gasteiger partial charge is 0.237 e. The SMILES string of the molecule is Cc1cc(C)cc(C[C@@H]2CC(=O)N(c3ccc(I)cc3)C2=O)c1. The standard InChI is InChI=1S/C19H18INO2/c1-12-7-13(2)9-14(8-12)10-15-11-18(22)21(19(15)23)17-5-3-16(20)4-6-17/h3-9,15H,10-11H2,1-2H3/t15-/m1/s1. The van der Waals surface area contributed by atoms with E-state index in [0.29, 0.717) is 12.1 Å². The van der Waals surface area contributed by atoms with Gasteiger partial charge in [0.05, 0.1) is 11.6 Å². The molecule has 0 aliphatic carbocycles. The average molecular weight is 419 g/mol. The van der Waals surface area contributed by atoms with Crippen molar-refractivity contribution in [2.75, 3.05) is 4.90 Å². The molecule has 23 heavy (non-hydrogen) atoms. The first kappa shape index (κ1) is 16.2. The number of imide groups is 1. The third kappa shape index (κ3) is 3.47. The van der Waals surface area contributed by atoms with Gasteiger partial charge in [0.2, 0.25) is 11.8 Å². The zero-order chi connectivity index (χ0) is 16.6. The van der Waals surface area contributed by atoms with E-state index in [4.69, 9.17) is 0 Å². The summed E-state index contributed by atoms with van der Waals surface area (Å²) in [7, 11) is 0. The van der Waals surface area contributed by atoms with E-state index < -0.39 is 0 Å². The van der Waals surface area contributed by atoms with Crippen molar-refractivity contribution in [2.45, 2.75) is 26.7 Å². The summed E-state index contributed by atoms with van der Waals surface area (Å²) in [5, 5.41) is 0. The van der Waals surface area contributed by atoms with Gasteiger partial charge in [-0.2, -0.15) is 0 Å². The Bertz CT molecular complexity index is 747. The van der Waals surface area contributed by atoms with E-state index in [1.807, 2.05) is 24.3 Å². The maximum Gasteiger partial charge on any atom is 0.237 e. The number of carbonyl (C=O) groups excluding carboxylic acids is 2. The van der Waals surface area contributed by atoms with Crippen LogP contribution in [0.5, 0.6) is 0 Å². The summed E-state index contributed by atoms with van der Waals surface area (Å²) in [4.78, 5) is 26.3. The van der Waals surface area contributed by atoms with Crippen molar-refractivity contribution in [3.63, 3.8) is 0 Å². The molecule has 1 heterocycles. The molecule has 0 radical (unpaired) electrons. The van der Waals surface area contributed by atoms with Crippen molar-refractivity contribution in [1.82, 2.24) is 0 Å². The van der Waals surface area contributed by atoms with Gasteiger partial charge in [-0.1, -0.05) is 29.3 Å². The maximum atomic E-state index is 12.7. The molecular weight excluding hydrogens is 401 g/mol. The average Bonchev–Trinajstić information content (AvgIpc) is 2.74. The van der Waals surface area contributed by atoms with Crippen molar-refractivity contribution in [3.8, 4) is 0 Å². The summed E-state index contributed by atoms with van der Waals surface area (Å²) >= 11 is 2.21. The van der Waals surface area contributed by atoms with Gasteiger partial charge in [0.1, 0.15) is 0 Å². The molecule has 0 aromatic heterocycles. The lowest BCUT2D eigenvalue weighted by molar-refractivity contribution is -0.122.